The van der Waals surface area contributed by atoms with Crippen molar-refractivity contribution < 1.29 is 23.9 Å². The monoisotopic (exact) mass is 394 g/mol. The minimum atomic E-state index is -1.05. The number of carbonyl (C=O) groups excluding carboxylic acids is 3. The predicted molar refractivity (Wildman–Crippen MR) is 107 cm³/mol. The second-order valence-corrected chi connectivity index (χ2v) is 6.63. The molecule has 7 nitrogen and oxygen atoms in total. The van der Waals surface area contributed by atoms with E-state index < -0.39 is 17.9 Å². The number of benzene rings is 2. The highest BCUT2D eigenvalue weighted by molar-refractivity contribution is 6.20. The maximum atomic E-state index is 12.6. The average Bonchev–Trinajstić information content (AvgIpc) is 3.08. The Morgan fingerprint density at radius 1 is 1.10 bits per heavy atom. The Morgan fingerprint density at radius 2 is 1.72 bits per heavy atom. The summed E-state index contributed by atoms with van der Waals surface area (Å²) in [6.07, 6.45) is -1.05. The molecule has 1 amide bonds. The van der Waals surface area contributed by atoms with Gasteiger partial charge in [0.05, 0.1) is 0 Å². The lowest BCUT2D eigenvalue weighted by Crippen LogP contribution is -2.37. The lowest BCUT2D eigenvalue weighted by atomic mass is 10.2. The number of ketones is 1. The Bertz CT molecular complexity index is 925. The number of hydrogen-bond donors (Lipinski definition) is 1. The third-order valence-corrected chi connectivity index (χ3v) is 4.36. The highest BCUT2D eigenvalue weighted by atomic mass is 16.6. The zero-order chi connectivity index (χ0) is 20.8. The zero-order valence-corrected chi connectivity index (χ0v) is 16.3. The molecule has 150 valence electrons. The van der Waals surface area contributed by atoms with Crippen molar-refractivity contribution in [2.24, 2.45) is 0 Å². The van der Waals surface area contributed by atoms with Gasteiger partial charge in [0.1, 0.15) is 0 Å². The summed E-state index contributed by atoms with van der Waals surface area (Å²) in [5.41, 5.74) is 1.40. The first-order valence-corrected chi connectivity index (χ1v) is 9.18. The summed E-state index contributed by atoms with van der Waals surface area (Å²) >= 11 is 0. The smallest absolute Gasteiger partial charge is 0.348 e. The number of nitrogens with zero attached hydrogens (tertiary/aromatic N) is 1. The Balaban J connectivity index is 1.66. The Kier molecular flexibility index (Phi) is 6.29. The molecule has 0 fully saturated rings. The van der Waals surface area contributed by atoms with E-state index in [1.54, 1.807) is 31.3 Å². The van der Waals surface area contributed by atoms with Crippen molar-refractivity contribution >= 4 is 23.3 Å². The zero-order valence-electron chi connectivity index (χ0n) is 16.3. The maximum absolute atomic E-state index is 12.6. The SMILES string of the molecule is C[C@H](OC(=O)C1=C(Nc2ccccc2)OCC1=O)C(=O)N(C)Cc1ccccc1. The van der Waals surface area contributed by atoms with E-state index in [-0.39, 0.29) is 24.0 Å². The molecule has 2 aromatic carbocycles. The summed E-state index contributed by atoms with van der Waals surface area (Å²) in [6, 6.07) is 18.5. The second-order valence-electron chi connectivity index (χ2n) is 6.63. The second kappa shape index (κ2) is 9.05. The summed E-state index contributed by atoms with van der Waals surface area (Å²) < 4.78 is 10.6. The fraction of sp³-hybridized carbons (Fsp3) is 0.227. The van der Waals surface area contributed by atoms with Crippen LogP contribution < -0.4 is 5.32 Å². The van der Waals surface area contributed by atoms with Gasteiger partial charge in [0.15, 0.2) is 18.3 Å². The number of para-hydroxylation sites is 1. The van der Waals surface area contributed by atoms with Gasteiger partial charge in [-0.1, -0.05) is 48.5 Å². The van der Waals surface area contributed by atoms with E-state index in [9.17, 15) is 14.4 Å². The van der Waals surface area contributed by atoms with Gasteiger partial charge in [-0.15, -0.1) is 0 Å². The van der Waals surface area contributed by atoms with Crippen molar-refractivity contribution in [3.63, 3.8) is 0 Å². The topological polar surface area (TPSA) is 84.9 Å². The molecule has 0 aliphatic carbocycles. The van der Waals surface area contributed by atoms with E-state index in [2.05, 4.69) is 5.32 Å². The molecular formula is C22H22N2O5. The summed E-state index contributed by atoms with van der Waals surface area (Å²) in [7, 11) is 1.63. The number of nitrogens with one attached hydrogen (secondary N) is 1. The van der Waals surface area contributed by atoms with Crippen LogP contribution in [0.2, 0.25) is 0 Å². The number of ether oxygens (including phenoxy) is 2. The fourth-order valence-corrected chi connectivity index (χ4v) is 2.88. The first-order valence-electron chi connectivity index (χ1n) is 9.18. The third kappa shape index (κ3) is 5.01. The largest absolute Gasteiger partial charge is 0.470 e. The number of Topliss-reactive ketones (excluding diaryl/α,β-unsaturated/α-hetero) is 1. The van der Waals surface area contributed by atoms with E-state index in [0.29, 0.717) is 12.2 Å². The molecule has 1 heterocycles. The molecule has 0 spiro atoms. The van der Waals surface area contributed by atoms with Crippen LogP contribution in [0.4, 0.5) is 5.69 Å². The molecular weight excluding hydrogens is 372 g/mol. The normalized spacial score (nSPS) is 14.2. The number of likely N-dealkylation sites (N-methyl/N-ethyl adjacent to an activating group) is 1. The number of anilines is 1. The third-order valence-electron chi connectivity index (χ3n) is 4.36. The Labute approximate surface area is 168 Å². The molecule has 0 bridgehead atoms. The molecule has 1 N–H and O–H groups in total. The molecule has 0 unspecified atom stereocenters. The lowest BCUT2D eigenvalue weighted by molar-refractivity contribution is -0.156. The minimum Gasteiger partial charge on any atom is -0.470 e. The molecule has 1 aliphatic heterocycles. The van der Waals surface area contributed by atoms with Gasteiger partial charge >= 0.3 is 5.97 Å². The number of rotatable bonds is 7. The predicted octanol–water partition coefficient (Wildman–Crippen LogP) is 2.50. The molecule has 0 saturated heterocycles. The fourth-order valence-electron chi connectivity index (χ4n) is 2.88. The van der Waals surface area contributed by atoms with E-state index in [0.717, 1.165) is 5.56 Å². The summed E-state index contributed by atoms with van der Waals surface area (Å²) in [6.45, 7) is 1.61. The molecule has 1 atom stereocenters. The molecule has 2 aromatic rings. The van der Waals surface area contributed by atoms with Gasteiger partial charge in [-0.25, -0.2) is 4.79 Å². The van der Waals surface area contributed by atoms with E-state index >= 15 is 0 Å². The standard InChI is InChI=1S/C22H22N2O5/c1-15(21(26)24(2)13-16-9-5-3-6-10-16)29-22(27)19-18(25)14-28-20(19)23-17-11-7-4-8-12-17/h3-12,15,23H,13-14H2,1-2H3/t15-/m0/s1. The van der Waals surface area contributed by atoms with Crippen molar-refractivity contribution in [3.05, 3.63) is 77.7 Å². The van der Waals surface area contributed by atoms with E-state index in [1.807, 2.05) is 36.4 Å². The number of amides is 1. The van der Waals surface area contributed by atoms with Crippen LogP contribution >= 0.6 is 0 Å². The van der Waals surface area contributed by atoms with Gasteiger partial charge in [-0.2, -0.15) is 0 Å². The van der Waals surface area contributed by atoms with Crippen molar-refractivity contribution in [2.75, 3.05) is 19.0 Å². The van der Waals surface area contributed by atoms with Gasteiger partial charge in [-0.3, -0.25) is 9.59 Å². The molecule has 29 heavy (non-hydrogen) atoms. The van der Waals surface area contributed by atoms with Crippen molar-refractivity contribution in [1.82, 2.24) is 4.90 Å². The van der Waals surface area contributed by atoms with Crippen LogP contribution in [0.3, 0.4) is 0 Å². The molecule has 0 saturated carbocycles. The summed E-state index contributed by atoms with van der Waals surface area (Å²) in [5.74, 6) is -1.72. The first-order chi connectivity index (χ1) is 14.0. The molecule has 0 radical (unpaired) electrons. The quantitative estimate of drug-likeness (QED) is 0.574. The summed E-state index contributed by atoms with van der Waals surface area (Å²) in [4.78, 5) is 38.7. The number of hydrogen-bond acceptors (Lipinski definition) is 6. The molecule has 3 rings (SSSR count). The minimum absolute atomic E-state index is 0.0310. The molecule has 7 heteroatoms. The number of esters is 1. The Morgan fingerprint density at radius 3 is 2.38 bits per heavy atom. The van der Waals surface area contributed by atoms with Gasteiger partial charge < -0.3 is 19.7 Å². The van der Waals surface area contributed by atoms with Crippen LogP contribution in [0.25, 0.3) is 0 Å². The van der Waals surface area contributed by atoms with Crippen molar-refractivity contribution in [3.8, 4) is 0 Å². The first kappa shape index (κ1) is 20.1. The number of carbonyl (C=O) groups is 3. The van der Waals surface area contributed by atoms with Gasteiger partial charge in [0.2, 0.25) is 11.7 Å². The summed E-state index contributed by atoms with van der Waals surface area (Å²) in [5, 5.41) is 2.90. The van der Waals surface area contributed by atoms with Crippen LogP contribution in [-0.2, 0) is 30.4 Å². The molecule has 0 aromatic heterocycles. The van der Waals surface area contributed by atoms with Gasteiger partial charge in [-0.05, 0) is 24.6 Å². The highest BCUT2D eigenvalue weighted by Crippen LogP contribution is 2.21. The Hall–Kier alpha value is -3.61. The van der Waals surface area contributed by atoms with Crippen LogP contribution in [0.5, 0.6) is 0 Å². The van der Waals surface area contributed by atoms with Crippen LogP contribution in [0.1, 0.15) is 12.5 Å². The molecule has 1 aliphatic rings. The van der Waals surface area contributed by atoms with Gasteiger partial charge in [0.25, 0.3) is 5.91 Å². The highest BCUT2D eigenvalue weighted by Gasteiger charge is 2.34. The van der Waals surface area contributed by atoms with Gasteiger partial charge in [0, 0.05) is 19.3 Å². The maximum Gasteiger partial charge on any atom is 0.348 e. The van der Waals surface area contributed by atoms with Crippen LogP contribution in [-0.4, -0.2) is 42.3 Å². The van der Waals surface area contributed by atoms with E-state index in [4.69, 9.17) is 9.47 Å². The van der Waals surface area contributed by atoms with Crippen LogP contribution in [0, 0.1) is 0 Å². The lowest BCUT2D eigenvalue weighted by Gasteiger charge is -2.21. The van der Waals surface area contributed by atoms with Crippen LogP contribution in [0.15, 0.2) is 72.1 Å². The van der Waals surface area contributed by atoms with Crippen molar-refractivity contribution in [1.29, 1.82) is 0 Å². The van der Waals surface area contributed by atoms with E-state index in [1.165, 1.54) is 11.8 Å². The van der Waals surface area contributed by atoms with Crippen molar-refractivity contribution in [2.45, 2.75) is 19.6 Å². The average molecular weight is 394 g/mol.